The number of rotatable bonds is 3. The molecule has 3 aromatic rings. The van der Waals surface area contributed by atoms with E-state index in [0.717, 1.165) is 28.0 Å². The molecule has 5 heteroatoms. The maximum absolute atomic E-state index is 12.0. The van der Waals surface area contributed by atoms with Crippen LogP contribution in [-0.4, -0.2) is 24.4 Å². The zero-order valence-corrected chi connectivity index (χ0v) is 12.6. The van der Waals surface area contributed by atoms with Gasteiger partial charge in [0.2, 0.25) is 6.79 Å². The Labute approximate surface area is 133 Å². The molecule has 0 amide bonds. The van der Waals surface area contributed by atoms with Crippen molar-refractivity contribution in [1.82, 2.24) is 4.57 Å². The molecule has 0 saturated heterocycles. The molecule has 0 radical (unpaired) electrons. The van der Waals surface area contributed by atoms with Gasteiger partial charge in [0.1, 0.15) is 0 Å². The molecule has 2 heterocycles. The van der Waals surface area contributed by atoms with E-state index in [1.165, 1.54) is 7.11 Å². The Morgan fingerprint density at radius 2 is 2.00 bits per heavy atom. The maximum atomic E-state index is 12.0. The first-order chi connectivity index (χ1) is 11.3. The van der Waals surface area contributed by atoms with Crippen molar-refractivity contribution in [2.45, 2.75) is 6.54 Å². The second kappa shape index (κ2) is 5.35. The molecular formula is C18H15NO4. The van der Waals surface area contributed by atoms with Gasteiger partial charge in [0.15, 0.2) is 11.5 Å². The second-order valence-electron chi connectivity index (χ2n) is 5.37. The normalized spacial score (nSPS) is 12.6. The summed E-state index contributed by atoms with van der Waals surface area (Å²) in [5, 5.41) is 0.889. The molecule has 1 aliphatic heterocycles. The smallest absolute Gasteiger partial charge is 0.340 e. The highest BCUT2D eigenvalue weighted by atomic mass is 16.7. The van der Waals surface area contributed by atoms with Gasteiger partial charge in [-0.05, 0) is 23.8 Å². The molecule has 0 spiro atoms. The zero-order chi connectivity index (χ0) is 15.8. The van der Waals surface area contributed by atoms with E-state index in [0.29, 0.717) is 12.1 Å². The fourth-order valence-electron chi connectivity index (χ4n) is 2.89. The molecule has 0 unspecified atom stereocenters. The summed E-state index contributed by atoms with van der Waals surface area (Å²) in [5.74, 6) is 1.19. The van der Waals surface area contributed by atoms with Crippen molar-refractivity contribution in [2.75, 3.05) is 13.9 Å². The highest BCUT2D eigenvalue weighted by Crippen LogP contribution is 2.33. The van der Waals surface area contributed by atoms with Gasteiger partial charge in [0, 0.05) is 23.6 Å². The summed E-state index contributed by atoms with van der Waals surface area (Å²) in [4.78, 5) is 12.0. The fraction of sp³-hybridized carbons (Fsp3) is 0.167. The van der Waals surface area contributed by atoms with Crippen LogP contribution in [0.25, 0.3) is 10.9 Å². The lowest BCUT2D eigenvalue weighted by Crippen LogP contribution is -2.01. The van der Waals surface area contributed by atoms with Gasteiger partial charge in [-0.15, -0.1) is 0 Å². The molecule has 0 aliphatic carbocycles. The summed E-state index contributed by atoms with van der Waals surface area (Å²) in [6.45, 7) is 0.895. The molecule has 2 aromatic carbocycles. The van der Waals surface area contributed by atoms with Crippen molar-refractivity contribution in [2.24, 2.45) is 0 Å². The van der Waals surface area contributed by atoms with Crippen molar-refractivity contribution >= 4 is 16.9 Å². The Balaban J connectivity index is 1.75. The Kier molecular flexibility index (Phi) is 3.19. The van der Waals surface area contributed by atoms with Crippen LogP contribution >= 0.6 is 0 Å². The first-order valence-corrected chi connectivity index (χ1v) is 7.31. The van der Waals surface area contributed by atoms with Crippen LogP contribution in [0.1, 0.15) is 15.9 Å². The summed E-state index contributed by atoms with van der Waals surface area (Å²) in [5.41, 5.74) is 2.64. The summed E-state index contributed by atoms with van der Waals surface area (Å²) in [6, 6.07) is 13.7. The second-order valence-corrected chi connectivity index (χ2v) is 5.37. The number of aromatic nitrogens is 1. The molecule has 0 atom stereocenters. The number of methoxy groups -OCH3 is 1. The predicted molar refractivity (Wildman–Crippen MR) is 84.9 cm³/mol. The lowest BCUT2D eigenvalue weighted by atomic mass is 10.2. The van der Waals surface area contributed by atoms with Crippen LogP contribution in [0.4, 0.5) is 0 Å². The number of carbonyl (C=O) groups excluding carboxylic acids is 1. The van der Waals surface area contributed by atoms with E-state index in [-0.39, 0.29) is 12.8 Å². The number of hydrogen-bond acceptors (Lipinski definition) is 4. The van der Waals surface area contributed by atoms with E-state index in [9.17, 15) is 4.79 Å². The van der Waals surface area contributed by atoms with Crippen molar-refractivity contribution in [3.05, 3.63) is 59.8 Å². The number of carbonyl (C=O) groups is 1. The number of fused-ring (bicyclic) bond motifs is 2. The topological polar surface area (TPSA) is 49.7 Å². The van der Waals surface area contributed by atoms with Gasteiger partial charge in [-0.3, -0.25) is 0 Å². The van der Waals surface area contributed by atoms with Crippen LogP contribution in [0.3, 0.4) is 0 Å². The van der Waals surface area contributed by atoms with Crippen LogP contribution < -0.4 is 9.47 Å². The van der Waals surface area contributed by atoms with Crippen LogP contribution in [0.15, 0.2) is 48.7 Å². The minimum Gasteiger partial charge on any atom is -0.465 e. The number of ether oxygens (including phenoxy) is 3. The number of esters is 1. The van der Waals surface area contributed by atoms with Gasteiger partial charge >= 0.3 is 5.97 Å². The van der Waals surface area contributed by atoms with Gasteiger partial charge in [0.25, 0.3) is 0 Å². The van der Waals surface area contributed by atoms with E-state index >= 15 is 0 Å². The maximum Gasteiger partial charge on any atom is 0.340 e. The number of para-hydroxylation sites is 1. The SMILES string of the molecule is COC(=O)c1cn(Cc2ccc3c(c2)OCO3)c2ccccc12. The lowest BCUT2D eigenvalue weighted by molar-refractivity contribution is 0.0602. The van der Waals surface area contributed by atoms with Crippen molar-refractivity contribution < 1.29 is 19.0 Å². The number of hydrogen-bond donors (Lipinski definition) is 0. The molecule has 0 fully saturated rings. The predicted octanol–water partition coefficient (Wildman–Crippen LogP) is 3.20. The molecule has 0 bridgehead atoms. The highest BCUT2D eigenvalue weighted by molar-refractivity contribution is 6.04. The van der Waals surface area contributed by atoms with Gasteiger partial charge in [-0.1, -0.05) is 24.3 Å². The largest absolute Gasteiger partial charge is 0.465 e. The van der Waals surface area contributed by atoms with Crippen molar-refractivity contribution in [1.29, 1.82) is 0 Å². The Bertz CT molecular complexity index is 897. The molecule has 23 heavy (non-hydrogen) atoms. The minimum absolute atomic E-state index is 0.262. The molecule has 0 N–H and O–H groups in total. The Morgan fingerprint density at radius 3 is 2.87 bits per heavy atom. The van der Waals surface area contributed by atoms with Crippen LogP contribution in [-0.2, 0) is 11.3 Å². The zero-order valence-electron chi connectivity index (χ0n) is 12.6. The van der Waals surface area contributed by atoms with E-state index in [1.54, 1.807) is 0 Å². The van der Waals surface area contributed by atoms with Gasteiger partial charge < -0.3 is 18.8 Å². The van der Waals surface area contributed by atoms with E-state index in [1.807, 2.05) is 53.2 Å². The summed E-state index contributed by atoms with van der Waals surface area (Å²) in [6.07, 6.45) is 1.83. The monoisotopic (exact) mass is 309 g/mol. The first-order valence-electron chi connectivity index (χ1n) is 7.31. The van der Waals surface area contributed by atoms with Gasteiger partial charge in [-0.2, -0.15) is 0 Å². The highest BCUT2D eigenvalue weighted by Gasteiger charge is 2.17. The van der Waals surface area contributed by atoms with E-state index in [4.69, 9.17) is 14.2 Å². The van der Waals surface area contributed by atoms with E-state index in [2.05, 4.69) is 0 Å². The summed E-state index contributed by atoms with van der Waals surface area (Å²) in [7, 11) is 1.40. The van der Waals surface area contributed by atoms with Crippen LogP contribution in [0.5, 0.6) is 11.5 Å². The van der Waals surface area contributed by atoms with E-state index < -0.39 is 0 Å². The van der Waals surface area contributed by atoms with Crippen LogP contribution in [0, 0.1) is 0 Å². The molecule has 4 rings (SSSR count). The van der Waals surface area contributed by atoms with Gasteiger partial charge in [-0.25, -0.2) is 4.79 Å². The van der Waals surface area contributed by atoms with Crippen LogP contribution in [0.2, 0.25) is 0 Å². The average molecular weight is 309 g/mol. The third kappa shape index (κ3) is 2.30. The molecule has 1 aromatic heterocycles. The Hall–Kier alpha value is -2.95. The standard InChI is InChI=1S/C18H15NO4/c1-21-18(20)14-10-19(15-5-3-2-4-13(14)15)9-12-6-7-16-17(8-12)23-11-22-16/h2-8,10H,9,11H2,1H3. The molecule has 5 nitrogen and oxygen atoms in total. The first kappa shape index (κ1) is 13.7. The number of benzene rings is 2. The minimum atomic E-state index is -0.328. The fourth-order valence-corrected chi connectivity index (χ4v) is 2.89. The lowest BCUT2D eigenvalue weighted by Gasteiger charge is -2.06. The third-order valence-corrected chi connectivity index (χ3v) is 3.98. The molecule has 1 aliphatic rings. The quantitative estimate of drug-likeness (QED) is 0.697. The third-order valence-electron chi connectivity index (χ3n) is 3.98. The average Bonchev–Trinajstić information content (AvgIpc) is 3.19. The van der Waals surface area contributed by atoms with Crippen molar-refractivity contribution in [3.8, 4) is 11.5 Å². The molecular weight excluding hydrogens is 294 g/mol. The molecule has 116 valence electrons. The summed E-state index contributed by atoms with van der Waals surface area (Å²) >= 11 is 0. The molecule has 0 saturated carbocycles. The van der Waals surface area contributed by atoms with Gasteiger partial charge in [0.05, 0.1) is 12.7 Å². The Morgan fingerprint density at radius 1 is 1.17 bits per heavy atom. The summed E-state index contributed by atoms with van der Waals surface area (Å²) < 4.78 is 17.7. The number of nitrogens with zero attached hydrogens (tertiary/aromatic N) is 1. The van der Waals surface area contributed by atoms with Crippen molar-refractivity contribution in [3.63, 3.8) is 0 Å².